The van der Waals surface area contributed by atoms with E-state index in [-0.39, 0.29) is 29.2 Å². The summed E-state index contributed by atoms with van der Waals surface area (Å²) in [6.07, 6.45) is 3.53. The molecule has 3 aromatic rings. The van der Waals surface area contributed by atoms with Crippen molar-refractivity contribution in [1.29, 1.82) is 0 Å². The molecule has 220 valence electrons. The van der Waals surface area contributed by atoms with Crippen LogP contribution in [0.3, 0.4) is 0 Å². The first-order valence-corrected chi connectivity index (χ1v) is 14.9. The van der Waals surface area contributed by atoms with Crippen LogP contribution in [-0.2, 0) is 14.9 Å². The highest BCUT2D eigenvalue weighted by molar-refractivity contribution is 5.89. The Balaban J connectivity index is 1.26. The third-order valence-corrected chi connectivity index (χ3v) is 9.43. The van der Waals surface area contributed by atoms with Crippen LogP contribution in [0.2, 0.25) is 0 Å². The molecule has 2 N–H and O–H groups in total. The fourth-order valence-corrected chi connectivity index (χ4v) is 7.04. The standard InChI is InChI=1S/C32H39N7O3/c1-19-13-22(9-10-23(19)21-11-12-33-15-21)35-29-34-16-24-28(37-29)39(25-14-31(3,4)42-18-32(24,25)5)27-8-6-7-26(36-27)38-20(2)17-41-30(38)40/h6-10,13,16,20-21,25,33H,11-12,14-15,17-18H2,1-5H3,(H,34,35,37)/t20-,21-,25+,32+/m0/s1. The molecule has 10 nitrogen and oxygen atoms in total. The second kappa shape index (κ2) is 9.91. The Morgan fingerprint density at radius 3 is 2.62 bits per heavy atom. The van der Waals surface area contributed by atoms with E-state index in [1.165, 1.54) is 17.5 Å². The summed E-state index contributed by atoms with van der Waals surface area (Å²) < 4.78 is 11.6. The number of hydrogen-bond acceptors (Lipinski definition) is 9. The number of fused-ring (bicyclic) bond motifs is 3. The summed E-state index contributed by atoms with van der Waals surface area (Å²) in [4.78, 5) is 31.2. The molecule has 1 amide bonds. The Morgan fingerprint density at radius 1 is 1.10 bits per heavy atom. The van der Waals surface area contributed by atoms with E-state index in [0.29, 0.717) is 30.9 Å². The largest absolute Gasteiger partial charge is 0.447 e. The summed E-state index contributed by atoms with van der Waals surface area (Å²) in [7, 11) is 0. The molecule has 10 heteroatoms. The van der Waals surface area contributed by atoms with Crippen molar-refractivity contribution < 1.29 is 14.3 Å². The number of ether oxygens (including phenoxy) is 2. The topological polar surface area (TPSA) is 105 Å². The van der Waals surface area contributed by atoms with Crippen LogP contribution in [0.4, 0.5) is 33.9 Å². The Morgan fingerprint density at radius 2 is 1.90 bits per heavy atom. The van der Waals surface area contributed by atoms with Crippen LogP contribution in [0, 0.1) is 6.92 Å². The van der Waals surface area contributed by atoms with Crippen molar-refractivity contribution in [2.45, 2.75) is 76.5 Å². The number of nitrogens with one attached hydrogen (secondary N) is 2. The van der Waals surface area contributed by atoms with Crippen molar-refractivity contribution in [3.05, 3.63) is 59.3 Å². The number of amides is 1. The van der Waals surface area contributed by atoms with Crippen LogP contribution in [0.15, 0.2) is 42.6 Å². The molecule has 0 aliphatic carbocycles. The van der Waals surface area contributed by atoms with Crippen molar-refractivity contribution in [2.75, 3.05) is 41.4 Å². The summed E-state index contributed by atoms with van der Waals surface area (Å²) >= 11 is 0. The summed E-state index contributed by atoms with van der Waals surface area (Å²) in [5.74, 6) is 3.22. The van der Waals surface area contributed by atoms with Gasteiger partial charge in [0.15, 0.2) is 0 Å². The van der Waals surface area contributed by atoms with E-state index in [1.807, 2.05) is 31.3 Å². The number of aromatic nitrogens is 3. The summed E-state index contributed by atoms with van der Waals surface area (Å²) in [5, 5.41) is 6.92. The van der Waals surface area contributed by atoms with Gasteiger partial charge in [0.1, 0.15) is 24.1 Å². The summed E-state index contributed by atoms with van der Waals surface area (Å²) in [6.45, 7) is 13.6. The molecule has 0 saturated carbocycles. The molecular formula is C32H39N7O3. The maximum absolute atomic E-state index is 12.5. The molecule has 0 spiro atoms. The molecule has 2 aromatic heterocycles. The number of cyclic esters (lactones) is 1. The Hall–Kier alpha value is -3.76. The molecule has 42 heavy (non-hydrogen) atoms. The number of hydrogen-bond donors (Lipinski definition) is 2. The van der Waals surface area contributed by atoms with Gasteiger partial charge in [0.05, 0.1) is 24.3 Å². The molecule has 7 rings (SSSR count). The summed E-state index contributed by atoms with van der Waals surface area (Å²) in [5.41, 5.74) is 4.03. The molecule has 4 aliphatic rings. The highest BCUT2D eigenvalue weighted by Gasteiger charge is 2.55. The number of anilines is 5. The lowest BCUT2D eigenvalue weighted by molar-refractivity contribution is -0.0893. The van der Waals surface area contributed by atoms with Gasteiger partial charge in [-0.15, -0.1) is 0 Å². The van der Waals surface area contributed by atoms with E-state index in [1.54, 1.807) is 4.90 Å². The summed E-state index contributed by atoms with van der Waals surface area (Å²) in [6, 6.07) is 12.3. The minimum absolute atomic E-state index is 0.0491. The number of carbonyl (C=O) groups excluding carboxylic acids is 1. The van der Waals surface area contributed by atoms with Crippen LogP contribution in [0.5, 0.6) is 0 Å². The van der Waals surface area contributed by atoms with E-state index in [9.17, 15) is 4.79 Å². The monoisotopic (exact) mass is 569 g/mol. The van der Waals surface area contributed by atoms with E-state index in [4.69, 9.17) is 24.4 Å². The predicted molar refractivity (Wildman–Crippen MR) is 162 cm³/mol. The quantitative estimate of drug-likeness (QED) is 0.422. The zero-order chi connectivity index (χ0) is 29.2. The number of nitrogens with zero attached hydrogens (tertiary/aromatic N) is 5. The first-order valence-electron chi connectivity index (χ1n) is 14.9. The number of benzene rings is 1. The maximum atomic E-state index is 12.5. The first kappa shape index (κ1) is 27.1. The lowest BCUT2D eigenvalue weighted by atomic mass is 9.73. The molecule has 4 atom stereocenters. The smallest absolute Gasteiger partial charge is 0.415 e. The van der Waals surface area contributed by atoms with E-state index < -0.39 is 0 Å². The second-order valence-corrected chi connectivity index (χ2v) is 13.0. The van der Waals surface area contributed by atoms with E-state index in [2.05, 4.69) is 61.4 Å². The molecular weight excluding hydrogens is 530 g/mol. The predicted octanol–water partition coefficient (Wildman–Crippen LogP) is 5.32. The molecule has 3 fully saturated rings. The maximum Gasteiger partial charge on any atom is 0.415 e. The lowest BCUT2D eigenvalue weighted by Crippen LogP contribution is -2.54. The van der Waals surface area contributed by atoms with Crippen molar-refractivity contribution in [2.24, 2.45) is 0 Å². The van der Waals surface area contributed by atoms with E-state index in [0.717, 1.165) is 42.4 Å². The Bertz CT molecular complexity index is 1540. The van der Waals surface area contributed by atoms with Crippen LogP contribution in [0.1, 0.15) is 63.1 Å². The average molecular weight is 570 g/mol. The fourth-order valence-electron chi connectivity index (χ4n) is 7.04. The minimum Gasteiger partial charge on any atom is -0.447 e. The zero-order valence-corrected chi connectivity index (χ0v) is 25.0. The first-order chi connectivity index (χ1) is 20.1. The highest BCUT2D eigenvalue weighted by Crippen LogP contribution is 2.53. The Kier molecular flexibility index (Phi) is 6.40. The number of rotatable bonds is 5. The zero-order valence-electron chi connectivity index (χ0n) is 25.0. The van der Waals surface area contributed by atoms with Gasteiger partial charge < -0.3 is 25.0 Å². The van der Waals surface area contributed by atoms with Gasteiger partial charge >= 0.3 is 6.09 Å². The van der Waals surface area contributed by atoms with E-state index >= 15 is 0 Å². The van der Waals surface area contributed by atoms with Gasteiger partial charge in [0.25, 0.3) is 0 Å². The molecule has 0 bridgehead atoms. The van der Waals surface area contributed by atoms with Crippen LogP contribution in [-0.4, -0.2) is 65.0 Å². The Labute approximate surface area is 246 Å². The fraction of sp³-hybridized carbons (Fsp3) is 0.500. The molecule has 1 aromatic carbocycles. The molecule has 0 unspecified atom stereocenters. The van der Waals surface area contributed by atoms with Gasteiger partial charge in [-0.05, 0) is 88.4 Å². The van der Waals surface area contributed by atoms with Crippen molar-refractivity contribution >= 4 is 35.2 Å². The van der Waals surface area contributed by atoms with Gasteiger partial charge in [-0.2, -0.15) is 4.98 Å². The van der Waals surface area contributed by atoms with Gasteiger partial charge in [0.2, 0.25) is 5.95 Å². The molecule has 4 aliphatic heterocycles. The third-order valence-electron chi connectivity index (χ3n) is 9.43. The SMILES string of the molecule is Cc1cc(Nc2ncc3c(n2)N(c2cccc(N4C(=O)OC[C@@H]4C)n2)[C@@H]2CC(C)(C)OC[C@]32C)ccc1[C@H]1CCNC1. The van der Waals surface area contributed by atoms with Crippen molar-refractivity contribution in [3.63, 3.8) is 0 Å². The van der Waals surface area contributed by atoms with Gasteiger partial charge in [-0.1, -0.05) is 19.1 Å². The normalized spacial score (nSPS) is 28.0. The second-order valence-electron chi connectivity index (χ2n) is 13.0. The molecule has 6 heterocycles. The number of aryl methyl sites for hydroxylation is 1. The highest BCUT2D eigenvalue weighted by atomic mass is 16.6. The minimum atomic E-state index is -0.370. The van der Waals surface area contributed by atoms with Gasteiger partial charge in [0, 0.05) is 29.4 Å². The molecule has 3 saturated heterocycles. The van der Waals surface area contributed by atoms with Gasteiger partial charge in [-0.3, -0.25) is 4.90 Å². The van der Waals surface area contributed by atoms with Crippen LogP contribution in [0.25, 0.3) is 0 Å². The molecule has 0 radical (unpaired) electrons. The van der Waals surface area contributed by atoms with Crippen LogP contribution < -0.4 is 20.4 Å². The van der Waals surface area contributed by atoms with Gasteiger partial charge in [-0.25, -0.2) is 14.8 Å². The number of carbonyl (C=O) groups is 1. The van der Waals surface area contributed by atoms with Crippen molar-refractivity contribution in [1.82, 2.24) is 20.3 Å². The number of pyridine rings is 1. The third kappa shape index (κ3) is 4.48. The van der Waals surface area contributed by atoms with Crippen molar-refractivity contribution in [3.8, 4) is 0 Å². The lowest BCUT2D eigenvalue weighted by Gasteiger charge is -2.46. The average Bonchev–Trinajstić information content (AvgIpc) is 3.66. The van der Waals surface area contributed by atoms with Crippen LogP contribution >= 0.6 is 0 Å².